The second kappa shape index (κ2) is 8.47. The Bertz CT molecular complexity index is 483. The third kappa shape index (κ3) is 4.77. The first-order valence-electron chi connectivity index (χ1n) is 6.94. The number of nitrogens with one attached hydrogen (secondary N) is 1. The lowest BCUT2D eigenvalue weighted by Gasteiger charge is -2.34. The molecule has 1 aliphatic heterocycles. The lowest BCUT2D eigenvalue weighted by Crippen LogP contribution is -2.52. The third-order valence-corrected chi connectivity index (χ3v) is 3.96. The average molecular weight is 333 g/mol. The van der Waals surface area contributed by atoms with E-state index in [1.807, 2.05) is 23.1 Å². The fourth-order valence-electron chi connectivity index (χ4n) is 2.47. The van der Waals surface area contributed by atoms with Gasteiger partial charge in [0.25, 0.3) is 0 Å². The van der Waals surface area contributed by atoms with Gasteiger partial charge < -0.3 is 15.0 Å². The second-order valence-electron chi connectivity index (χ2n) is 5.11. The van der Waals surface area contributed by atoms with E-state index in [4.69, 9.17) is 16.3 Å². The Morgan fingerprint density at radius 2 is 2.29 bits per heavy atom. The number of hydrogen-bond acceptors (Lipinski definition) is 3. The summed E-state index contributed by atoms with van der Waals surface area (Å²) in [5, 5.41) is 3.88. The first-order valence-corrected chi connectivity index (χ1v) is 7.32. The van der Waals surface area contributed by atoms with Crippen molar-refractivity contribution in [3.8, 4) is 5.75 Å². The maximum absolute atomic E-state index is 12.2. The van der Waals surface area contributed by atoms with Gasteiger partial charge in [-0.3, -0.25) is 4.79 Å². The topological polar surface area (TPSA) is 41.6 Å². The Balaban J connectivity index is 0.00000220. The number of carbonyl (C=O) groups is 1. The molecule has 2 rings (SSSR count). The fourth-order valence-corrected chi connectivity index (χ4v) is 2.75. The summed E-state index contributed by atoms with van der Waals surface area (Å²) in [4.78, 5) is 14.2. The van der Waals surface area contributed by atoms with Gasteiger partial charge in [-0.15, -0.1) is 12.4 Å². The number of piperazine rings is 1. The van der Waals surface area contributed by atoms with E-state index < -0.39 is 0 Å². The lowest BCUT2D eigenvalue weighted by molar-refractivity contribution is -0.133. The molecule has 0 saturated carbocycles. The van der Waals surface area contributed by atoms with Crippen molar-refractivity contribution in [3.63, 3.8) is 0 Å². The molecule has 0 aromatic heterocycles. The second-order valence-corrected chi connectivity index (χ2v) is 5.52. The molecule has 21 heavy (non-hydrogen) atoms. The number of rotatable bonds is 4. The Kier molecular flexibility index (Phi) is 7.29. The number of benzene rings is 1. The van der Waals surface area contributed by atoms with Gasteiger partial charge >= 0.3 is 0 Å². The highest BCUT2D eigenvalue weighted by Gasteiger charge is 2.22. The first kappa shape index (κ1) is 18.1. The van der Waals surface area contributed by atoms with Gasteiger partial charge in [0.1, 0.15) is 5.75 Å². The van der Waals surface area contributed by atoms with Gasteiger partial charge in [0.15, 0.2) is 0 Å². The monoisotopic (exact) mass is 332 g/mol. The van der Waals surface area contributed by atoms with Gasteiger partial charge in [-0.2, -0.15) is 0 Å². The minimum Gasteiger partial charge on any atom is -0.495 e. The van der Waals surface area contributed by atoms with Crippen LogP contribution in [0.2, 0.25) is 5.02 Å². The van der Waals surface area contributed by atoms with Crippen molar-refractivity contribution in [3.05, 3.63) is 28.8 Å². The zero-order valence-corrected chi connectivity index (χ0v) is 14.0. The van der Waals surface area contributed by atoms with Crippen molar-refractivity contribution in [2.45, 2.75) is 25.8 Å². The molecule has 1 N–H and O–H groups in total. The molecule has 6 heteroatoms. The van der Waals surface area contributed by atoms with Crippen LogP contribution in [0.25, 0.3) is 0 Å². The standard InChI is InChI=1S/C15H21ClN2O2.ClH/c1-11-10-17-7-8-18(11)15(19)6-4-12-3-5-14(20-2)13(16)9-12;/h3,5,9,11,17H,4,6-8,10H2,1-2H3;1H/t11-;/m1./s1. The molecule has 1 heterocycles. The van der Waals surface area contributed by atoms with Crippen molar-refractivity contribution in [1.29, 1.82) is 0 Å². The fraction of sp³-hybridized carbons (Fsp3) is 0.533. The van der Waals surface area contributed by atoms with Crippen LogP contribution in [0, 0.1) is 0 Å². The normalized spacial score (nSPS) is 18.0. The number of hydrogen-bond donors (Lipinski definition) is 1. The number of halogens is 2. The van der Waals surface area contributed by atoms with Gasteiger partial charge in [0, 0.05) is 32.1 Å². The highest BCUT2D eigenvalue weighted by atomic mass is 35.5. The van der Waals surface area contributed by atoms with E-state index in [-0.39, 0.29) is 24.4 Å². The summed E-state index contributed by atoms with van der Waals surface area (Å²) in [7, 11) is 1.59. The highest BCUT2D eigenvalue weighted by Crippen LogP contribution is 2.25. The van der Waals surface area contributed by atoms with Crippen LogP contribution in [0.5, 0.6) is 5.75 Å². The molecule has 0 unspecified atom stereocenters. The highest BCUT2D eigenvalue weighted by molar-refractivity contribution is 6.32. The summed E-state index contributed by atoms with van der Waals surface area (Å²) in [6, 6.07) is 5.94. The molecule has 118 valence electrons. The third-order valence-electron chi connectivity index (χ3n) is 3.67. The first-order chi connectivity index (χ1) is 9.61. The maximum atomic E-state index is 12.2. The molecule has 1 aromatic carbocycles. The SMILES string of the molecule is COc1ccc(CCC(=O)N2CCNC[C@H]2C)cc1Cl.Cl. The molecule has 0 bridgehead atoms. The van der Waals surface area contributed by atoms with Crippen LogP contribution in [-0.2, 0) is 11.2 Å². The predicted molar refractivity (Wildman–Crippen MR) is 87.6 cm³/mol. The van der Waals surface area contributed by atoms with E-state index in [1.54, 1.807) is 7.11 Å². The van der Waals surface area contributed by atoms with E-state index in [2.05, 4.69) is 12.2 Å². The summed E-state index contributed by atoms with van der Waals surface area (Å²) < 4.78 is 5.12. The number of methoxy groups -OCH3 is 1. The van der Waals surface area contributed by atoms with Crippen LogP contribution in [0.1, 0.15) is 18.9 Å². The number of amides is 1. The van der Waals surface area contributed by atoms with Crippen molar-refractivity contribution in [2.75, 3.05) is 26.7 Å². The minimum atomic E-state index is 0. The number of nitrogens with zero attached hydrogens (tertiary/aromatic N) is 1. The Labute approximate surface area is 137 Å². The molecular weight excluding hydrogens is 311 g/mol. The molecule has 0 radical (unpaired) electrons. The van der Waals surface area contributed by atoms with Crippen LogP contribution >= 0.6 is 24.0 Å². The molecular formula is C15H22Cl2N2O2. The maximum Gasteiger partial charge on any atom is 0.223 e. The van der Waals surface area contributed by atoms with Crippen molar-refractivity contribution in [1.82, 2.24) is 10.2 Å². The van der Waals surface area contributed by atoms with E-state index in [1.165, 1.54) is 0 Å². The molecule has 1 atom stereocenters. The van der Waals surface area contributed by atoms with E-state index in [9.17, 15) is 4.79 Å². The van der Waals surface area contributed by atoms with Crippen LogP contribution in [0.3, 0.4) is 0 Å². The zero-order valence-electron chi connectivity index (χ0n) is 12.4. The minimum absolute atomic E-state index is 0. The quantitative estimate of drug-likeness (QED) is 0.921. The summed E-state index contributed by atoms with van der Waals surface area (Å²) in [6.07, 6.45) is 1.23. The number of aryl methyl sites for hydroxylation is 1. The summed E-state index contributed by atoms with van der Waals surface area (Å²) in [5.74, 6) is 0.878. The molecule has 1 saturated heterocycles. The number of ether oxygens (including phenoxy) is 1. The van der Waals surface area contributed by atoms with Crippen LogP contribution in [0.15, 0.2) is 18.2 Å². The molecule has 1 aliphatic rings. The van der Waals surface area contributed by atoms with Crippen LogP contribution in [0.4, 0.5) is 0 Å². The Morgan fingerprint density at radius 3 is 2.90 bits per heavy atom. The van der Waals surface area contributed by atoms with Crippen molar-refractivity contribution >= 4 is 29.9 Å². The van der Waals surface area contributed by atoms with E-state index >= 15 is 0 Å². The Morgan fingerprint density at radius 1 is 1.52 bits per heavy atom. The van der Waals surface area contributed by atoms with E-state index in [0.29, 0.717) is 23.6 Å². The van der Waals surface area contributed by atoms with Gasteiger partial charge in [-0.1, -0.05) is 17.7 Å². The average Bonchev–Trinajstić information content (AvgIpc) is 2.45. The molecule has 0 spiro atoms. The largest absolute Gasteiger partial charge is 0.495 e. The lowest BCUT2D eigenvalue weighted by atomic mass is 10.1. The molecule has 0 aliphatic carbocycles. The number of carbonyl (C=O) groups excluding carboxylic acids is 1. The van der Waals surface area contributed by atoms with E-state index in [0.717, 1.165) is 25.2 Å². The van der Waals surface area contributed by atoms with Crippen molar-refractivity contribution < 1.29 is 9.53 Å². The zero-order chi connectivity index (χ0) is 14.5. The molecule has 1 amide bonds. The van der Waals surface area contributed by atoms with Crippen LogP contribution < -0.4 is 10.1 Å². The van der Waals surface area contributed by atoms with Gasteiger partial charge in [-0.05, 0) is 31.0 Å². The van der Waals surface area contributed by atoms with Gasteiger partial charge in [-0.25, -0.2) is 0 Å². The summed E-state index contributed by atoms with van der Waals surface area (Å²) >= 11 is 6.09. The molecule has 1 fully saturated rings. The Hall–Kier alpha value is -0.970. The smallest absolute Gasteiger partial charge is 0.223 e. The van der Waals surface area contributed by atoms with Gasteiger partial charge in [0.05, 0.1) is 12.1 Å². The molecule has 4 nitrogen and oxygen atoms in total. The van der Waals surface area contributed by atoms with Crippen LogP contribution in [-0.4, -0.2) is 43.6 Å². The van der Waals surface area contributed by atoms with Crippen molar-refractivity contribution in [2.24, 2.45) is 0 Å². The molecule has 1 aromatic rings. The predicted octanol–water partition coefficient (Wildman–Crippen LogP) is 2.52. The summed E-state index contributed by atoms with van der Waals surface area (Å²) in [5.41, 5.74) is 1.06. The summed E-state index contributed by atoms with van der Waals surface area (Å²) in [6.45, 7) is 4.63. The van der Waals surface area contributed by atoms with Gasteiger partial charge in [0.2, 0.25) is 5.91 Å².